The topological polar surface area (TPSA) is 154 Å². The van der Waals surface area contributed by atoms with Gasteiger partial charge in [-0.3, -0.25) is 9.11 Å². The molecule has 0 aromatic heterocycles. The molecule has 3 aromatic carbocycles. The van der Waals surface area contributed by atoms with Gasteiger partial charge in [0.15, 0.2) is 5.75 Å². The van der Waals surface area contributed by atoms with Gasteiger partial charge < -0.3 is 5.11 Å². The third-order valence-corrected chi connectivity index (χ3v) is 5.92. The Morgan fingerprint density at radius 2 is 1.45 bits per heavy atom. The summed E-state index contributed by atoms with van der Waals surface area (Å²) in [5.41, 5.74) is 1.98. The Kier molecular flexibility index (Phi) is 9.44. The Hall–Kier alpha value is -0.860. The van der Waals surface area contributed by atoms with E-state index < -0.39 is 35.8 Å². The zero-order chi connectivity index (χ0) is 21.6. The van der Waals surface area contributed by atoms with Crippen LogP contribution in [-0.2, 0) is 20.2 Å². The number of phenolic OH excluding ortho intramolecular Hbond substituents is 1. The first kappa shape index (κ1) is 28.2. The van der Waals surface area contributed by atoms with Crippen LogP contribution in [0.5, 0.6) is 5.75 Å². The van der Waals surface area contributed by atoms with Crippen LogP contribution < -0.4 is 0 Å². The number of benzene rings is 3. The van der Waals surface area contributed by atoms with Gasteiger partial charge >= 0.3 is 0 Å². The van der Waals surface area contributed by atoms with Gasteiger partial charge in [-0.25, -0.2) is 0 Å². The first-order valence-corrected chi connectivity index (χ1v) is 11.0. The summed E-state index contributed by atoms with van der Waals surface area (Å²) < 4.78 is 64.7. The molecule has 0 spiro atoms. The monoisotopic (exact) mass is 482 g/mol. The fraction of sp³-hybridized carbons (Fsp3) is 0.111. The van der Waals surface area contributed by atoms with Gasteiger partial charge in [0.2, 0.25) is 0 Å². The molecular formula is C18H16N2Na2O7S2. The van der Waals surface area contributed by atoms with E-state index >= 15 is 0 Å². The number of aromatic hydroxyl groups is 1. The normalized spacial score (nSPS) is 11.9. The number of phenols is 1. The number of rotatable bonds is 4. The molecule has 0 heterocycles. The van der Waals surface area contributed by atoms with Crippen molar-refractivity contribution >= 4 is 101 Å². The molecule has 13 heteroatoms. The van der Waals surface area contributed by atoms with Gasteiger partial charge in [-0.15, -0.1) is 5.11 Å². The fourth-order valence-corrected chi connectivity index (χ4v) is 3.94. The molecule has 9 nitrogen and oxygen atoms in total. The van der Waals surface area contributed by atoms with Crippen molar-refractivity contribution in [2.45, 2.75) is 23.6 Å². The second-order valence-corrected chi connectivity index (χ2v) is 9.21. The summed E-state index contributed by atoms with van der Waals surface area (Å²) in [6, 6.07) is 9.53. The molecule has 0 fully saturated rings. The molecule has 3 aromatic rings. The van der Waals surface area contributed by atoms with Crippen molar-refractivity contribution in [1.29, 1.82) is 0 Å². The molecular weight excluding hydrogens is 466 g/mol. The summed E-state index contributed by atoms with van der Waals surface area (Å²) in [4.78, 5) is -1.36. The SMILES string of the molecule is Cc1ccc(N=Nc2c(O)c(S(=O)(=O)O)cc3cc(S(=O)(=O)O)ccc23)c(C)c1.[Na].[Na]. The molecule has 0 atom stereocenters. The van der Waals surface area contributed by atoms with Gasteiger partial charge in [0, 0.05) is 64.5 Å². The van der Waals surface area contributed by atoms with Gasteiger partial charge in [-0.1, -0.05) is 23.8 Å². The molecule has 0 saturated heterocycles. The molecule has 0 saturated carbocycles. The molecule has 0 amide bonds. The fourth-order valence-electron chi connectivity index (χ4n) is 2.81. The average Bonchev–Trinajstić information content (AvgIpc) is 2.59. The van der Waals surface area contributed by atoms with Crippen molar-refractivity contribution in [2.75, 3.05) is 0 Å². The minimum absolute atomic E-state index is 0. The second kappa shape index (κ2) is 10.4. The van der Waals surface area contributed by atoms with Crippen LogP contribution in [0.15, 0.2) is 62.5 Å². The van der Waals surface area contributed by atoms with Crippen LogP contribution in [0, 0.1) is 13.8 Å². The van der Waals surface area contributed by atoms with Crippen LogP contribution in [0.4, 0.5) is 11.4 Å². The molecule has 154 valence electrons. The van der Waals surface area contributed by atoms with Crippen molar-refractivity contribution in [3.05, 3.63) is 53.6 Å². The molecule has 0 unspecified atom stereocenters. The quantitative estimate of drug-likeness (QED) is 0.293. The van der Waals surface area contributed by atoms with Crippen molar-refractivity contribution in [2.24, 2.45) is 10.2 Å². The standard InChI is InChI=1S/C18H16N2O7S2.2Na/c1-10-3-6-15(11(2)7-10)19-20-17-14-5-4-13(28(22,23)24)8-12(14)9-16(18(17)21)29(25,26)27;;/h3-9,21H,1-2H3,(H,22,23,24)(H,25,26,27);;. The maximum atomic E-state index is 11.7. The number of azo groups is 1. The largest absolute Gasteiger partial charge is 0.504 e. The maximum absolute atomic E-state index is 11.7. The number of nitrogens with zero attached hydrogens (tertiary/aromatic N) is 2. The van der Waals surface area contributed by atoms with E-state index in [1.807, 2.05) is 13.0 Å². The predicted molar refractivity (Wildman–Crippen MR) is 117 cm³/mol. The van der Waals surface area contributed by atoms with E-state index in [4.69, 9.17) is 0 Å². The first-order valence-electron chi connectivity index (χ1n) is 8.11. The smallest absolute Gasteiger partial charge is 0.298 e. The van der Waals surface area contributed by atoms with Crippen LogP contribution >= 0.6 is 0 Å². The zero-order valence-corrected chi connectivity index (χ0v) is 22.9. The summed E-state index contributed by atoms with van der Waals surface area (Å²) >= 11 is 0. The Bertz CT molecular complexity index is 1390. The molecule has 31 heavy (non-hydrogen) atoms. The molecule has 0 aliphatic carbocycles. The Labute approximate surface area is 223 Å². The maximum Gasteiger partial charge on any atom is 0.298 e. The summed E-state index contributed by atoms with van der Waals surface area (Å²) in [5, 5.41) is 18.5. The van der Waals surface area contributed by atoms with Crippen LogP contribution in [-0.4, -0.2) is 90.2 Å². The minimum atomic E-state index is -4.86. The first-order chi connectivity index (χ1) is 13.4. The molecule has 0 bridgehead atoms. The van der Waals surface area contributed by atoms with E-state index in [0.29, 0.717) is 5.69 Å². The number of fused-ring (bicyclic) bond motifs is 1. The summed E-state index contributed by atoms with van der Waals surface area (Å²) in [7, 11) is -9.42. The van der Waals surface area contributed by atoms with Crippen molar-refractivity contribution in [3.8, 4) is 5.75 Å². The number of hydrogen-bond donors (Lipinski definition) is 3. The molecule has 0 aliphatic heterocycles. The molecule has 3 N–H and O–H groups in total. The van der Waals surface area contributed by atoms with E-state index in [9.17, 15) is 31.0 Å². The molecule has 2 radical (unpaired) electrons. The van der Waals surface area contributed by atoms with E-state index in [1.165, 1.54) is 6.07 Å². The van der Waals surface area contributed by atoms with Crippen LogP contribution in [0.3, 0.4) is 0 Å². The number of aryl methyl sites for hydroxylation is 2. The van der Waals surface area contributed by atoms with Crippen LogP contribution in [0.25, 0.3) is 10.8 Å². The molecule has 3 rings (SSSR count). The Balaban J connectivity index is 0.00000240. The minimum Gasteiger partial charge on any atom is -0.504 e. The van der Waals surface area contributed by atoms with E-state index in [1.54, 1.807) is 19.1 Å². The van der Waals surface area contributed by atoms with Gasteiger partial charge in [0.1, 0.15) is 10.6 Å². The Morgan fingerprint density at radius 1 is 0.806 bits per heavy atom. The summed E-state index contributed by atoms with van der Waals surface area (Å²) in [5.74, 6) is -0.840. The van der Waals surface area contributed by atoms with Crippen molar-refractivity contribution < 1.29 is 31.0 Å². The third kappa shape index (κ3) is 6.35. The van der Waals surface area contributed by atoms with Crippen molar-refractivity contribution in [1.82, 2.24) is 0 Å². The van der Waals surface area contributed by atoms with Gasteiger partial charge in [0.05, 0.1) is 10.6 Å². The second-order valence-electron chi connectivity index (χ2n) is 6.39. The van der Waals surface area contributed by atoms with E-state index in [-0.39, 0.29) is 75.6 Å². The van der Waals surface area contributed by atoms with Crippen LogP contribution in [0.2, 0.25) is 0 Å². The molecule has 0 aliphatic rings. The Morgan fingerprint density at radius 3 is 2.00 bits per heavy atom. The summed E-state index contributed by atoms with van der Waals surface area (Å²) in [6.07, 6.45) is 0. The predicted octanol–water partition coefficient (Wildman–Crippen LogP) is 3.31. The summed E-state index contributed by atoms with van der Waals surface area (Å²) in [6.45, 7) is 3.70. The van der Waals surface area contributed by atoms with Gasteiger partial charge in [-0.2, -0.15) is 21.9 Å². The van der Waals surface area contributed by atoms with Crippen LogP contribution in [0.1, 0.15) is 11.1 Å². The zero-order valence-electron chi connectivity index (χ0n) is 17.2. The van der Waals surface area contributed by atoms with E-state index in [2.05, 4.69) is 10.2 Å². The van der Waals surface area contributed by atoms with Gasteiger partial charge in [-0.05, 0) is 49.1 Å². The third-order valence-electron chi connectivity index (χ3n) is 4.21. The van der Waals surface area contributed by atoms with E-state index in [0.717, 1.165) is 29.3 Å². The average molecular weight is 482 g/mol. The number of hydrogen-bond acceptors (Lipinski definition) is 7. The van der Waals surface area contributed by atoms with Gasteiger partial charge in [0.25, 0.3) is 20.2 Å². The van der Waals surface area contributed by atoms with Crippen molar-refractivity contribution in [3.63, 3.8) is 0 Å².